The van der Waals surface area contributed by atoms with Crippen LogP contribution in [-0.4, -0.2) is 44.2 Å². The average Bonchev–Trinajstić information content (AvgIpc) is 3.22. The highest BCUT2D eigenvalue weighted by molar-refractivity contribution is 6.10. The van der Waals surface area contributed by atoms with Crippen molar-refractivity contribution in [2.45, 2.75) is 45.6 Å². The minimum atomic E-state index is 0.0144. The maximum absolute atomic E-state index is 13.2. The van der Waals surface area contributed by atoms with E-state index in [1.807, 2.05) is 24.3 Å². The van der Waals surface area contributed by atoms with Crippen molar-refractivity contribution in [3.8, 4) is 0 Å². The average molecular weight is 340 g/mol. The molecule has 2 aromatic rings. The van der Waals surface area contributed by atoms with E-state index < -0.39 is 0 Å². The van der Waals surface area contributed by atoms with Gasteiger partial charge in [-0.1, -0.05) is 0 Å². The van der Waals surface area contributed by atoms with Crippen molar-refractivity contribution >= 4 is 11.7 Å². The lowest BCUT2D eigenvalue weighted by Crippen LogP contribution is -2.41. The first-order valence-electron chi connectivity index (χ1n) is 9.13. The van der Waals surface area contributed by atoms with Gasteiger partial charge in [0.05, 0.1) is 17.5 Å². The number of aromatic amines is 1. The molecule has 0 aromatic carbocycles. The predicted molar refractivity (Wildman–Crippen MR) is 93.7 cm³/mol. The van der Waals surface area contributed by atoms with Crippen LogP contribution in [0.5, 0.6) is 0 Å². The number of hydrogen-bond donors (Lipinski definition) is 1. The van der Waals surface area contributed by atoms with Gasteiger partial charge in [-0.05, 0) is 38.5 Å². The summed E-state index contributed by atoms with van der Waals surface area (Å²) in [5.74, 6) is 0.555. The third kappa shape index (κ3) is 3.01. The fraction of sp³-hybridized carbons (Fsp3) is 0.526. The minimum absolute atomic E-state index is 0.0144. The Labute approximate surface area is 147 Å². The number of piperidine rings is 1. The zero-order valence-electron chi connectivity index (χ0n) is 14.6. The Hall–Kier alpha value is -2.37. The number of aromatic nitrogens is 3. The third-order valence-electron chi connectivity index (χ3n) is 5.42. The van der Waals surface area contributed by atoms with E-state index >= 15 is 0 Å². The zero-order chi connectivity index (χ0) is 17.4. The van der Waals surface area contributed by atoms with Gasteiger partial charge >= 0.3 is 0 Å². The maximum atomic E-state index is 13.2. The molecular formula is C19H24N4O2. The number of aryl methyl sites for hydroxylation is 2. The van der Waals surface area contributed by atoms with Crippen LogP contribution in [0.3, 0.4) is 0 Å². The predicted octanol–water partition coefficient (Wildman–Crippen LogP) is 2.59. The Morgan fingerprint density at radius 3 is 3.04 bits per heavy atom. The Bertz CT molecular complexity index is 791. The molecule has 3 heterocycles. The highest BCUT2D eigenvalue weighted by atomic mass is 16.2. The summed E-state index contributed by atoms with van der Waals surface area (Å²) in [6.07, 6.45) is 9.98. The second kappa shape index (κ2) is 6.50. The zero-order valence-corrected chi connectivity index (χ0v) is 14.6. The molecule has 1 aliphatic heterocycles. The van der Waals surface area contributed by atoms with E-state index in [2.05, 4.69) is 14.5 Å². The Morgan fingerprint density at radius 1 is 1.36 bits per heavy atom. The number of hydrogen-bond acceptors (Lipinski definition) is 3. The smallest absolute Gasteiger partial charge is 0.256 e. The lowest BCUT2D eigenvalue weighted by Gasteiger charge is -2.33. The second-order valence-electron chi connectivity index (χ2n) is 7.27. The van der Waals surface area contributed by atoms with Crippen molar-refractivity contribution in [2.75, 3.05) is 13.1 Å². The summed E-state index contributed by atoms with van der Waals surface area (Å²) in [6.45, 7) is 4.30. The number of H-pyrrole nitrogens is 1. The van der Waals surface area contributed by atoms with Gasteiger partial charge in [-0.25, -0.2) is 4.98 Å². The van der Waals surface area contributed by atoms with Crippen LogP contribution in [0, 0.1) is 12.8 Å². The molecular weight excluding hydrogens is 316 g/mol. The molecule has 1 N–H and O–H groups in total. The second-order valence-corrected chi connectivity index (χ2v) is 7.27. The molecule has 2 aliphatic rings. The molecule has 25 heavy (non-hydrogen) atoms. The quantitative estimate of drug-likeness (QED) is 0.933. The Kier molecular flexibility index (Phi) is 4.19. The first-order chi connectivity index (χ1) is 12.1. The number of likely N-dealkylation sites (tertiary alicyclic amines) is 1. The van der Waals surface area contributed by atoms with Crippen molar-refractivity contribution in [3.63, 3.8) is 0 Å². The number of ketones is 1. The number of amides is 1. The summed E-state index contributed by atoms with van der Waals surface area (Å²) < 4.78 is 2.07. The number of fused-ring (bicyclic) bond motifs is 1. The number of carbonyl (C=O) groups excluding carboxylic acids is 2. The van der Waals surface area contributed by atoms with Crippen molar-refractivity contribution in [1.82, 2.24) is 19.4 Å². The fourth-order valence-corrected chi connectivity index (χ4v) is 4.25. The van der Waals surface area contributed by atoms with E-state index in [0.717, 1.165) is 56.7 Å². The number of imidazole rings is 1. The van der Waals surface area contributed by atoms with E-state index in [1.165, 1.54) is 0 Å². The normalized spacial score (nSPS) is 20.6. The number of nitrogens with zero attached hydrogens (tertiary/aromatic N) is 3. The first kappa shape index (κ1) is 16.1. The van der Waals surface area contributed by atoms with Crippen molar-refractivity contribution in [1.29, 1.82) is 0 Å². The summed E-state index contributed by atoms with van der Waals surface area (Å²) in [4.78, 5) is 34.9. The highest BCUT2D eigenvalue weighted by Gasteiger charge is 2.32. The summed E-state index contributed by atoms with van der Waals surface area (Å²) in [5, 5.41) is 0. The van der Waals surface area contributed by atoms with Crippen LogP contribution in [0.15, 0.2) is 18.7 Å². The molecule has 6 nitrogen and oxygen atoms in total. The largest absolute Gasteiger partial charge is 0.361 e. The van der Waals surface area contributed by atoms with Crippen LogP contribution in [0.4, 0.5) is 0 Å². The molecule has 0 saturated carbocycles. The topological polar surface area (TPSA) is 71.0 Å². The number of nitrogens with one attached hydrogen (secondary N) is 1. The lowest BCUT2D eigenvalue weighted by molar-refractivity contribution is 0.0657. The highest BCUT2D eigenvalue weighted by Crippen LogP contribution is 2.29. The summed E-state index contributed by atoms with van der Waals surface area (Å²) >= 11 is 0. The molecule has 1 aliphatic carbocycles. The van der Waals surface area contributed by atoms with E-state index in [4.69, 9.17) is 0 Å². The number of carbonyl (C=O) groups is 2. The van der Waals surface area contributed by atoms with Crippen molar-refractivity contribution in [3.05, 3.63) is 41.2 Å². The van der Waals surface area contributed by atoms with Gasteiger partial charge in [0.2, 0.25) is 0 Å². The SMILES string of the molecule is Cc1[nH]c2c(c1C(=O)N1CCC[C@H](Cn3ccnc3)C1)C(=O)CCC2. The molecule has 0 bridgehead atoms. The van der Waals surface area contributed by atoms with Crippen LogP contribution in [0.25, 0.3) is 0 Å². The molecule has 132 valence electrons. The van der Waals surface area contributed by atoms with Crippen LogP contribution >= 0.6 is 0 Å². The fourth-order valence-electron chi connectivity index (χ4n) is 4.25. The molecule has 6 heteroatoms. The minimum Gasteiger partial charge on any atom is -0.361 e. The van der Waals surface area contributed by atoms with E-state index in [-0.39, 0.29) is 11.7 Å². The van der Waals surface area contributed by atoms with E-state index in [1.54, 1.807) is 6.20 Å². The van der Waals surface area contributed by atoms with Gasteiger partial charge in [-0.2, -0.15) is 0 Å². The molecule has 1 saturated heterocycles. The monoisotopic (exact) mass is 340 g/mol. The molecule has 0 unspecified atom stereocenters. The third-order valence-corrected chi connectivity index (χ3v) is 5.42. The Morgan fingerprint density at radius 2 is 2.24 bits per heavy atom. The van der Waals surface area contributed by atoms with E-state index in [9.17, 15) is 9.59 Å². The van der Waals surface area contributed by atoms with Crippen molar-refractivity contribution < 1.29 is 9.59 Å². The van der Waals surface area contributed by atoms with E-state index in [0.29, 0.717) is 23.5 Å². The van der Waals surface area contributed by atoms with Gasteiger partial charge in [-0.3, -0.25) is 9.59 Å². The lowest BCUT2D eigenvalue weighted by atomic mass is 9.91. The standard InChI is InChI=1S/C19H24N4O2/c1-13-17(18-15(21-13)5-2-6-16(18)24)19(25)23-8-3-4-14(11-23)10-22-9-7-20-12-22/h7,9,12,14,21H,2-6,8,10-11H2,1H3/t14-/m1/s1. The van der Waals surface area contributed by atoms with Gasteiger partial charge in [-0.15, -0.1) is 0 Å². The van der Waals surface area contributed by atoms with Crippen LogP contribution < -0.4 is 0 Å². The molecule has 0 radical (unpaired) electrons. The number of Topliss-reactive ketones (excluding diaryl/α,β-unsaturated/α-hetero) is 1. The van der Waals surface area contributed by atoms with Crippen LogP contribution in [0.1, 0.15) is 57.8 Å². The molecule has 4 rings (SSSR count). The van der Waals surface area contributed by atoms with Gasteiger partial charge in [0.25, 0.3) is 5.91 Å². The van der Waals surface area contributed by atoms with Gasteiger partial charge in [0, 0.05) is 49.8 Å². The molecule has 1 fully saturated rings. The Balaban J connectivity index is 1.55. The van der Waals surface area contributed by atoms with Gasteiger partial charge in [0.1, 0.15) is 0 Å². The first-order valence-corrected chi connectivity index (χ1v) is 9.13. The van der Waals surface area contributed by atoms with Crippen LogP contribution in [-0.2, 0) is 13.0 Å². The number of rotatable bonds is 3. The maximum Gasteiger partial charge on any atom is 0.256 e. The van der Waals surface area contributed by atoms with Gasteiger partial charge in [0.15, 0.2) is 5.78 Å². The van der Waals surface area contributed by atoms with Crippen LogP contribution in [0.2, 0.25) is 0 Å². The van der Waals surface area contributed by atoms with Crippen molar-refractivity contribution in [2.24, 2.45) is 5.92 Å². The molecule has 1 amide bonds. The van der Waals surface area contributed by atoms with Gasteiger partial charge < -0.3 is 14.5 Å². The summed E-state index contributed by atoms with van der Waals surface area (Å²) in [7, 11) is 0. The molecule has 0 spiro atoms. The summed E-state index contributed by atoms with van der Waals surface area (Å²) in [5.41, 5.74) is 3.06. The molecule has 2 aromatic heterocycles. The molecule has 1 atom stereocenters. The summed E-state index contributed by atoms with van der Waals surface area (Å²) in [6, 6.07) is 0.